The lowest BCUT2D eigenvalue weighted by molar-refractivity contribution is -0.128. The van der Waals surface area contributed by atoms with Gasteiger partial charge in [0.2, 0.25) is 11.0 Å². The highest BCUT2D eigenvalue weighted by Crippen LogP contribution is 2.29. The van der Waals surface area contributed by atoms with Crippen LogP contribution in [-0.4, -0.2) is 39.8 Å². The molecule has 1 amide bonds. The Kier molecular flexibility index (Phi) is 8.05. The zero-order valence-corrected chi connectivity index (χ0v) is 16.9. The Balaban J connectivity index is 1.93. The summed E-state index contributed by atoms with van der Waals surface area (Å²) in [7, 11) is 0. The molecule has 1 N–H and O–H groups in total. The highest BCUT2D eigenvalue weighted by molar-refractivity contribution is 8.01. The molecule has 7 nitrogen and oxygen atoms in total. The van der Waals surface area contributed by atoms with Crippen molar-refractivity contribution in [2.75, 3.05) is 24.2 Å². The van der Waals surface area contributed by atoms with E-state index in [1.807, 2.05) is 31.2 Å². The van der Waals surface area contributed by atoms with Crippen molar-refractivity contribution in [3.63, 3.8) is 0 Å². The van der Waals surface area contributed by atoms with Crippen LogP contribution in [0.5, 0.6) is 0 Å². The summed E-state index contributed by atoms with van der Waals surface area (Å²) in [5.74, 6) is 0.0966. The molecule has 0 bridgehead atoms. The second-order valence-electron chi connectivity index (χ2n) is 5.73. The summed E-state index contributed by atoms with van der Waals surface area (Å²) in [6.07, 6.45) is 0.509. The van der Waals surface area contributed by atoms with Crippen LogP contribution < -0.4 is 5.32 Å². The minimum Gasteiger partial charge on any atom is -0.340 e. The average molecular weight is 401 g/mol. The molecule has 0 aliphatic heterocycles. The van der Waals surface area contributed by atoms with Gasteiger partial charge in [-0.2, -0.15) is 10.5 Å². The van der Waals surface area contributed by atoms with Crippen LogP contribution in [-0.2, 0) is 4.79 Å². The number of hydrogen-bond donors (Lipinski definition) is 1. The summed E-state index contributed by atoms with van der Waals surface area (Å²) in [4.78, 5) is 13.9. The maximum atomic E-state index is 12.3. The van der Waals surface area contributed by atoms with E-state index < -0.39 is 0 Å². The first-order valence-corrected chi connectivity index (χ1v) is 10.2. The first-order chi connectivity index (χ1) is 13.0. The predicted octanol–water partition coefficient (Wildman–Crippen LogP) is 3.65. The lowest BCUT2D eigenvalue weighted by Crippen LogP contribution is -2.34. The van der Waals surface area contributed by atoms with Crippen LogP contribution in [0.1, 0.15) is 24.0 Å². The summed E-state index contributed by atoms with van der Waals surface area (Å²) in [5.41, 5.74) is 3.33. The molecule has 2 rings (SSSR count). The van der Waals surface area contributed by atoms with Crippen LogP contribution in [0.4, 0.5) is 10.8 Å². The third-order valence-corrected chi connectivity index (χ3v) is 5.87. The minimum atomic E-state index is -0.107. The molecular formula is C18H20N6OS2. The zero-order valence-electron chi connectivity index (χ0n) is 15.2. The molecule has 0 spiro atoms. The number of thioether (sulfide) groups is 1. The molecule has 0 radical (unpaired) electrons. The third-order valence-electron chi connectivity index (χ3n) is 3.91. The molecule has 1 aromatic carbocycles. The second-order valence-corrected chi connectivity index (χ2v) is 7.93. The minimum absolute atomic E-state index is 0.107. The molecule has 0 fully saturated rings. The number of aromatic nitrogens is 2. The highest BCUT2D eigenvalue weighted by atomic mass is 32.2. The normalized spacial score (nSPS) is 10.1. The van der Waals surface area contributed by atoms with Crippen molar-refractivity contribution in [3.8, 4) is 12.1 Å². The largest absolute Gasteiger partial charge is 0.340 e. The van der Waals surface area contributed by atoms with Crippen LogP contribution in [0.3, 0.4) is 0 Å². The number of carbonyl (C=O) groups excluding carboxylic acids is 1. The van der Waals surface area contributed by atoms with Crippen molar-refractivity contribution in [1.29, 1.82) is 10.5 Å². The number of nitriles is 2. The highest BCUT2D eigenvalue weighted by Gasteiger charge is 2.15. The quantitative estimate of drug-likeness (QED) is 0.640. The fourth-order valence-electron chi connectivity index (χ4n) is 2.27. The molecule has 0 unspecified atom stereocenters. The van der Waals surface area contributed by atoms with Gasteiger partial charge >= 0.3 is 0 Å². The van der Waals surface area contributed by atoms with E-state index in [4.69, 9.17) is 10.5 Å². The molecule has 0 aliphatic rings. The molecule has 0 saturated carbocycles. The van der Waals surface area contributed by atoms with Gasteiger partial charge in [-0.3, -0.25) is 4.79 Å². The number of nitrogens with zero attached hydrogens (tertiary/aromatic N) is 5. The summed E-state index contributed by atoms with van der Waals surface area (Å²) in [5, 5.41) is 29.6. The molecule has 0 atom stereocenters. The topological polar surface area (TPSA) is 106 Å². The smallest absolute Gasteiger partial charge is 0.233 e. The van der Waals surface area contributed by atoms with E-state index in [9.17, 15) is 4.79 Å². The van der Waals surface area contributed by atoms with Gasteiger partial charge in [-0.25, -0.2) is 0 Å². The molecule has 9 heteroatoms. The summed E-state index contributed by atoms with van der Waals surface area (Å²) in [6.45, 7) is 4.78. The van der Waals surface area contributed by atoms with Crippen LogP contribution in [0.2, 0.25) is 0 Å². The van der Waals surface area contributed by atoms with Crippen LogP contribution in [0.25, 0.3) is 0 Å². The van der Waals surface area contributed by atoms with Crippen LogP contribution in [0, 0.1) is 36.5 Å². The Hall–Kier alpha value is -2.62. The number of aryl methyl sites for hydroxylation is 1. The van der Waals surface area contributed by atoms with Gasteiger partial charge in [-0.1, -0.05) is 35.2 Å². The van der Waals surface area contributed by atoms with E-state index in [0.29, 0.717) is 22.6 Å². The molecular weight excluding hydrogens is 380 g/mol. The summed E-state index contributed by atoms with van der Waals surface area (Å²) >= 11 is 2.70. The van der Waals surface area contributed by atoms with E-state index in [2.05, 4.69) is 28.5 Å². The summed E-state index contributed by atoms with van der Waals surface area (Å²) in [6, 6.07) is 10.1. The maximum Gasteiger partial charge on any atom is 0.233 e. The number of benzene rings is 1. The van der Waals surface area contributed by atoms with Gasteiger partial charge < -0.3 is 10.2 Å². The van der Waals surface area contributed by atoms with Gasteiger partial charge in [-0.05, 0) is 31.0 Å². The number of amides is 1. The zero-order chi connectivity index (χ0) is 19.6. The third kappa shape index (κ3) is 6.24. The van der Waals surface area contributed by atoms with Gasteiger partial charge in [0.15, 0.2) is 4.34 Å². The molecule has 0 aliphatic carbocycles. The van der Waals surface area contributed by atoms with Gasteiger partial charge in [-0.15, -0.1) is 10.2 Å². The monoisotopic (exact) mass is 400 g/mol. The Morgan fingerprint density at radius 3 is 2.59 bits per heavy atom. The van der Waals surface area contributed by atoms with Crippen molar-refractivity contribution in [3.05, 3.63) is 29.3 Å². The van der Waals surface area contributed by atoms with Crippen LogP contribution in [0.15, 0.2) is 22.5 Å². The standard InChI is InChI=1S/C18H20N6OS2/c1-13-6-3-7-15(14(13)2)21-17-22-23-18(27-17)26-12-16(25)24(10-4-8-19)11-5-9-20/h3,6-7H,4-5,10-12H2,1-2H3,(H,21,22). The van der Waals surface area contributed by atoms with Crippen molar-refractivity contribution in [1.82, 2.24) is 15.1 Å². The Bertz CT molecular complexity index is 849. The van der Waals surface area contributed by atoms with E-state index in [0.717, 1.165) is 11.3 Å². The van der Waals surface area contributed by atoms with Crippen LogP contribution >= 0.6 is 23.1 Å². The fraction of sp³-hybridized carbons (Fsp3) is 0.389. The van der Waals surface area contributed by atoms with Crippen molar-refractivity contribution in [2.45, 2.75) is 31.0 Å². The number of nitrogens with one attached hydrogen (secondary N) is 1. The van der Waals surface area contributed by atoms with E-state index in [1.54, 1.807) is 4.90 Å². The molecule has 1 aromatic heterocycles. The number of hydrogen-bond acceptors (Lipinski definition) is 8. The van der Waals surface area contributed by atoms with Crippen molar-refractivity contribution < 1.29 is 4.79 Å². The summed E-state index contributed by atoms with van der Waals surface area (Å²) < 4.78 is 0.691. The van der Waals surface area contributed by atoms with Gasteiger partial charge in [0.1, 0.15) is 0 Å². The molecule has 140 valence electrons. The van der Waals surface area contributed by atoms with Crippen molar-refractivity contribution in [2.24, 2.45) is 0 Å². The number of carbonyl (C=O) groups is 1. The average Bonchev–Trinajstić information content (AvgIpc) is 3.11. The molecule has 0 saturated heterocycles. The Labute approximate surface area is 167 Å². The SMILES string of the molecule is Cc1cccc(Nc2nnc(SCC(=O)N(CCC#N)CCC#N)s2)c1C. The number of anilines is 2. The van der Waals surface area contributed by atoms with Gasteiger partial charge in [0.25, 0.3) is 0 Å². The maximum absolute atomic E-state index is 12.3. The first-order valence-electron chi connectivity index (χ1n) is 8.36. The van der Waals surface area contributed by atoms with E-state index >= 15 is 0 Å². The van der Waals surface area contributed by atoms with E-state index in [1.165, 1.54) is 28.7 Å². The molecule has 27 heavy (non-hydrogen) atoms. The molecule has 2 aromatic rings. The fourth-order valence-corrected chi connectivity index (χ4v) is 3.93. The van der Waals surface area contributed by atoms with Gasteiger partial charge in [0.05, 0.1) is 30.7 Å². The van der Waals surface area contributed by atoms with Crippen molar-refractivity contribution >= 4 is 39.8 Å². The van der Waals surface area contributed by atoms with E-state index in [-0.39, 0.29) is 24.5 Å². The number of rotatable bonds is 9. The Morgan fingerprint density at radius 2 is 1.93 bits per heavy atom. The second kappa shape index (κ2) is 10.5. The molecule has 1 heterocycles. The predicted molar refractivity (Wildman–Crippen MR) is 107 cm³/mol. The lowest BCUT2D eigenvalue weighted by Gasteiger charge is -2.19. The van der Waals surface area contributed by atoms with Gasteiger partial charge in [0, 0.05) is 18.8 Å². The first kappa shape index (κ1) is 20.7. The Morgan fingerprint density at radius 1 is 1.22 bits per heavy atom. The lowest BCUT2D eigenvalue weighted by atomic mass is 10.1.